The maximum atomic E-state index is 14.5. The first-order valence-corrected chi connectivity index (χ1v) is 39.8. The van der Waals surface area contributed by atoms with E-state index >= 15 is 0 Å². The van der Waals surface area contributed by atoms with E-state index < -0.39 is 142 Å². The quantitative estimate of drug-likeness (QED) is 0.0595. The number of carbonyl (C=O) groups is 8. The van der Waals surface area contributed by atoms with Crippen LogP contribution in [0.4, 0.5) is 9.59 Å². The number of alkyl carbamates (subject to hydrolysis) is 2. The molecule has 7 amide bonds. The molecule has 0 unspecified atom stereocenters. The smallest absolute Gasteiger partial charge is 0.407 e. The first-order valence-electron chi connectivity index (χ1n) is 36.7. The molecule has 6 aliphatic carbocycles. The van der Waals surface area contributed by atoms with Gasteiger partial charge in [-0.25, -0.2) is 31.2 Å². The number of hydrogen-bond acceptors (Lipinski definition) is 19. The first-order chi connectivity index (χ1) is 51.2. The van der Waals surface area contributed by atoms with E-state index in [-0.39, 0.29) is 58.9 Å². The molecule has 10 aliphatic rings. The fourth-order valence-corrected chi connectivity index (χ4v) is 17.1. The number of rotatable bonds is 11. The molecule has 8 N–H and O–H groups in total. The van der Waals surface area contributed by atoms with Crippen molar-refractivity contribution in [1.82, 2.24) is 35.2 Å². The third-order valence-electron chi connectivity index (χ3n) is 21.1. The molecule has 14 rings (SSSR count). The van der Waals surface area contributed by atoms with Crippen LogP contribution in [0.15, 0.2) is 133 Å². The van der Waals surface area contributed by atoms with E-state index in [4.69, 9.17) is 24.9 Å². The summed E-state index contributed by atoms with van der Waals surface area (Å²) in [5.41, 5.74) is 12.7. The third kappa shape index (κ3) is 17.7. The van der Waals surface area contributed by atoms with Gasteiger partial charge in [0.15, 0.2) is 0 Å². The minimum atomic E-state index is -3.90. The van der Waals surface area contributed by atoms with E-state index in [0.29, 0.717) is 62.8 Å². The Kier molecular flexibility index (Phi) is 23.4. The molecule has 10 atom stereocenters. The van der Waals surface area contributed by atoms with E-state index in [0.717, 1.165) is 68.5 Å². The van der Waals surface area contributed by atoms with Crippen LogP contribution in [0.2, 0.25) is 0 Å². The molecule has 2 saturated heterocycles. The molecule has 582 valence electrons. The van der Waals surface area contributed by atoms with Crippen molar-refractivity contribution in [2.45, 2.75) is 190 Å². The molecule has 4 aliphatic heterocycles. The van der Waals surface area contributed by atoms with Crippen molar-refractivity contribution in [3.63, 3.8) is 0 Å². The number of fused-ring (bicyclic) bond motifs is 12. The second kappa shape index (κ2) is 31.9. The fourth-order valence-electron chi connectivity index (χ4n) is 14.3. The number of carboxylic acids is 1. The number of carbonyl (C=O) groups excluding carboxylic acids is 7. The van der Waals surface area contributed by atoms with Crippen LogP contribution in [0.5, 0.6) is 0 Å². The van der Waals surface area contributed by atoms with Crippen LogP contribution in [0.1, 0.15) is 166 Å². The zero-order chi connectivity index (χ0) is 77.4. The van der Waals surface area contributed by atoms with Crippen LogP contribution in [0, 0.1) is 22.7 Å². The molecular weight excluding hydrogens is 1440 g/mol. The highest BCUT2D eigenvalue weighted by Gasteiger charge is 2.62. The Labute approximate surface area is 636 Å². The predicted octanol–water partition coefficient (Wildman–Crippen LogP) is 8.99. The van der Waals surface area contributed by atoms with Gasteiger partial charge in [0, 0.05) is 46.9 Å². The van der Waals surface area contributed by atoms with Crippen LogP contribution >= 0.6 is 0 Å². The Morgan fingerprint density at radius 3 is 1.46 bits per heavy atom. The topological polar surface area (TPSA) is 379 Å². The standard InChI is InChI=1S/C40H47N5O8S.C30H33N3O6.C9H14N2O3S.CH4/c1-5-25-22-40(25,37(48)44-54(50,51)27-16-17-27)42-35(46)32-21-26-23-45(32)36(47)34(39(2,3)4)41-38(49)52-19-11-7-6-8-12-24-15-18-29-28-13-9-10-14-30(28)33(43-53-26)31(29)20-24;1-30(2,3)26-27(34)33-17-19(16-24(33)28(35)36)39-32-25-22-11-7-6-10-20(22)21-13-12-18(15-23(21)25)9-5-4-8-14-38-29(37)31-26;1-2-6-5-9(6,10)8(12)11-15(13,14)7-3-4-7;/h5,8-10,12-15,18,20,25-27,32,34H,1,6-7,11,16-17,19,21-23H2,2-4H3,(H,41,49)(H,42,46)(H,44,48);5-7,9-13,15,19,24,26H,4,8,14,16-17H2,1-3H3,(H,31,37)(H,35,36);2,6-7H,1,3-5,10H2,(H,11,12);1H4/b12-8+,43-33-;9-5+,32-25?;;/t25-,26-,32+,34-,40-;19-,24+,26-;6-,9-;/m111./s1. The Hall–Kier alpha value is -10.0. The number of nitrogens with two attached hydrogens (primary N) is 1. The Bertz CT molecular complexity index is 4650. The van der Waals surface area contributed by atoms with E-state index in [1.54, 1.807) is 26.8 Å². The number of nitrogens with one attached hydrogen (secondary N) is 5. The molecule has 4 heterocycles. The van der Waals surface area contributed by atoms with Gasteiger partial charge in [-0.15, -0.1) is 13.2 Å². The molecule has 4 saturated carbocycles. The number of ether oxygens (including phenoxy) is 2. The summed E-state index contributed by atoms with van der Waals surface area (Å²) in [4.78, 5) is 120. The largest absolute Gasteiger partial charge is 0.480 e. The van der Waals surface area contributed by atoms with Crippen LogP contribution < -0.4 is 31.1 Å². The Morgan fingerprint density at radius 1 is 0.587 bits per heavy atom. The number of cyclic esters (lactones) is 2. The number of amides is 7. The summed E-state index contributed by atoms with van der Waals surface area (Å²) in [6.07, 6.45) is 14.9. The number of carboxylic acid groups (broad SMARTS) is 1. The monoisotopic (exact) mass is 1530 g/mol. The number of benzene rings is 4. The summed E-state index contributed by atoms with van der Waals surface area (Å²) < 4.78 is 63.4. The average Bonchev–Trinajstić information content (AvgIpc) is 1.58. The zero-order valence-corrected chi connectivity index (χ0v) is 63.1. The van der Waals surface area contributed by atoms with Crippen molar-refractivity contribution in [3.05, 3.63) is 156 Å². The summed E-state index contributed by atoms with van der Waals surface area (Å²) in [6.45, 7) is 18.5. The van der Waals surface area contributed by atoms with Gasteiger partial charge >= 0.3 is 18.2 Å². The summed E-state index contributed by atoms with van der Waals surface area (Å²) in [5.74, 6) is -4.88. The van der Waals surface area contributed by atoms with Gasteiger partial charge in [-0.2, -0.15) is 0 Å². The first kappa shape index (κ1) is 80.0. The fraction of sp³-hybridized carbons (Fsp3) is 0.475. The van der Waals surface area contributed by atoms with Crippen LogP contribution in [0.3, 0.4) is 0 Å². The third-order valence-corrected chi connectivity index (χ3v) is 24.8. The van der Waals surface area contributed by atoms with Crippen molar-refractivity contribution in [1.29, 1.82) is 0 Å². The Morgan fingerprint density at radius 2 is 1.02 bits per heavy atom. The molecule has 109 heavy (non-hydrogen) atoms. The second-order valence-corrected chi connectivity index (χ2v) is 35.3. The van der Waals surface area contributed by atoms with Gasteiger partial charge in [-0.3, -0.25) is 33.4 Å². The number of oxime groups is 2. The van der Waals surface area contributed by atoms with Gasteiger partial charge in [0.2, 0.25) is 37.8 Å². The van der Waals surface area contributed by atoms with Crippen molar-refractivity contribution < 1.29 is 79.4 Å². The average molecular weight is 1540 g/mol. The van der Waals surface area contributed by atoms with Gasteiger partial charge in [-0.1, -0.05) is 169 Å². The van der Waals surface area contributed by atoms with Gasteiger partial charge in [0.05, 0.1) is 36.8 Å². The van der Waals surface area contributed by atoms with Gasteiger partial charge in [0.1, 0.15) is 58.9 Å². The maximum Gasteiger partial charge on any atom is 0.407 e. The van der Waals surface area contributed by atoms with Gasteiger partial charge in [-0.05, 0) is 127 Å². The van der Waals surface area contributed by atoms with E-state index in [1.165, 1.54) is 15.9 Å². The lowest BCUT2D eigenvalue weighted by Gasteiger charge is -2.35. The minimum absolute atomic E-state index is 0. The molecule has 27 nitrogen and oxygen atoms in total. The van der Waals surface area contributed by atoms with Gasteiger partial charge < -0.3 is 55.7 Å². The molecule has 29 heteroatoms. The van der Waals surface area contributed by atoms with E-state index in [2.05, 4.69) is 86.6 Å². The molecule has 6 fully saturated rings. The van der Waals surface area contributed by atoms with Crippen molar-refractivity contribution in [2.24, 2.45) is 38.7 Å². The summed E-state index contributed by atoms with van der Waals surface area (Å²) in [6, 6.07) is 23.9. The number of aliphatic carboxylic acids is 1. The molecule has 4 aromatic rings. The van der Waals surface area contributed by atoms with E-state index in [9.17, 15) is 60.3 Å². The Balaban J connectivity index is 0.000000186. The molecule has 0 aromatic heterocycles. The van der Waals surface area contributed by atoms with E-state index in [1.807, 2.05) is 92.2 Å². The van der Waals surface area contributed by atoms with Crippen LogP contribution in [0.25, 0.3) is 34.4 Å². The second-order valence-electron chi connectivity index (χ2n) is 31.4. The number of hydrogen-bond donors (Lipinski definition) is 7. The van der Waals surface area contributed by atoms with Crippen molar-refractivity contribution in [3.8, 4) is 22.3 Å². The number of allylic oxidation sites excluding steroid dienone is 2. The highest BCUT2D eigenvalue weighted by molar-refractivity contribution is 7.91. The van der Waals surface area contributed by atoms with Crippen molar-refractivity contribution in [2.75, 3.05) is 26.3 Å². The maximum absolute atomic E-state index is 14.5. The van der Waals surface area contributed by atoms with Gasteiger partial charge in [0.25, 0.3) is 11.8 Å². The van der Waals surface area contributed by atoms with Crippen LogP contribution in [-0.2, 0) is 68.0 Å². The van der Waals surface area contributed by atoms with Crippen molar-refractivity contribution >= 4 is 91.3 Å². The SMILES string of the molecule is C.C=C[C@@H]1C[C@]1(N)C(=O)NS(=O)(=O)C1CC1.C=C[C@@H]1C[C@]1(NC(=O)[C@@H]1C[C@@H]2CN1C(=O)[C@H](C(C)(C)C)NC(=O)OCCCC/C=C/c1ccc3c(c1)/C(=N\O2)c1ccccc1-3)C(=O)NS(=O)(=O)C1CC1.CC(C)(C)[C@@H]1NC(=O)OCCC/C=C/c2ccc3c(c2)C(=NO[C@@H]2C[C@@H](C(=O)O)N(C2)C1=O)c1ccccc1-3. The summed E-state index contributed by atoms with van der Waals surface area (Å²) in [5, 5.41) is 26.3. The normalized spacial score (nSPS) is 27.6. The molecular formula is C80H98N10O17S2. The molecule has 0 spiro atoms. The zero-order valence-electron chi connectivity index (χ0n) is 61.4. The molecule has 8 bridgehead atoms. The lowest BCUT2D eigenvalue weighted by molar-refractivity contribution is -0.150. The highest BCUT2D eigenvalue weighted by atomic mass is 32.2. The number of nitrogens with zero attached hydrogens (tertiary/aromatic N) is 4. The lowest BCUT2D eigenvalue weighted by atomic mass is 9.85. The number of sulfonamides is 2. The minimum Gasteiger partial charge on any atom is -0.480 e. The van der Waals surface area contributed by atoms with Crippen LogP contribution in [-0.4, -0.2) is 175 Å². The summed E-state index contributed by atoms with van der Waals surface area (Å²) >= 11 is 0. The molecule has 0 radical (unpaired) electrons. The summed E-state index contributed by atoms with van der Waals surface area (Å²) in [7, 11) is -7.37. The predicted molar refractivity (Wildman–Crippen MR) is 411 cm³/mol. The lowest BCUT2D eigenvalue weighted by Crippen LogP contribution is -2.60. The molecule has 4 aromatic carbocycles. The highest BCUT2D eigenvalue weighted by Crippen LogP contribution is 2.47.